The minimum atomic E-state index is -0.502. The van der Waals surface area contributed by atoms with E-state index in [0.717, 1.165) is 5.56 Å². The number of aryl methyl sites for hydroxylation is 1. The smallest absolute Gasteiger partial charge is 0.293 e. The Bertz CT molecular complexity index is 448. The topological polar surface area (TPSA) is 72.2 Å². The number of carbonyl (C=O) groups excluding carboxylic acids is 1. The molecule has 92 valence electrons. The molecule has 0 aliphatic carbocycles. The van der Waals surface area contributed by atoms with Crippen LogP contribution in [0.4, 0.5) is 11.4 Å². The largest absolute Gasteiger partial charge is 0.319 e. The van der Waals surface area contributed by atoms with Gasteiger partial charge in [-0.3, -0.25) is 14.9 Å². The first-order chi connectivity index (χ1) is 7.95. The fraction of sp³-hybridized carbons (Fsp3) is 0.364. The molecule has 0 aliphatic rings. The van der Waals surface area contributed by atoms with Crippen LogP contribution in [0.15, 0.2) is 18.2 Å². The van der Waals surface area contributed by atoms with Gasteiger partial charge in [0.15, 0.2) is 0 Å². The van der Waals surface area contributed by atoms with Gasteiger partial charge in [0.05, 0.1) is 9.75 Å². The molecule has 0 radical (unpaired) electrons. The van der Waals surface area contributed by atoms with Crippen molar-refractivity contribution >= 4 is 33.2 Å². The maximum atomic E-state index is 11.6. The van der Waals surface area contributed by atoms with Crippen molar-refractivity contribution in [3.8, 4) is 0 Å². The number of hydrogen-bond donors (Lipinski definition) is 1. The van der Waals surface area contributed by atoms with Crippen LogP contribution in [-0.2, 0) is 4.79 Å². The van der Waals surface area contributed by atoms with Crippen molar-refractivity contribution in [1.82, 2.24) is 0 Å². The highest BCUT2D eigenvalue weighted by molar-refractivity contribution is 9.10. The molecule has 0 aromatic heterocycles. The third-order valence-electron chi connectivity index (χ3n) is 2.25. The van der Waals surface area contributed by atoms with E-state index in [1.54, 1.807) is 19.1 Å². The molecule has 5 nitrogen and oxygen atoms in total. The van der Waals surface area contributed by atoms with E-state index in [2.05, 4.69) is 21.2 Å². The summed E-state index contributed by atoms with van der Waals surface area (Å²) in [6.45, 7) is 3.61. The molecule has 1 N–H and O–H groups in total. The van der Waals surface area contributed by atoms with Gasteiger partial charge in [0.25, 0.3) is 5.69 Å². The van der Waals surface area contributed by atoms with Crippen molar-refractivity contribution in [2.45, 2.75) is 25.1 Å². The van der Waals surface area contributed by atoms with E-state index >= 15 is 0 Å². The maximum absolute atomic E-state index is 11.6. The number of nitrogens with zero attached hydrogens (tertiary/aromatic N) is 1. The molecule has 0 unspecified atom stereocenters. The van der Waals surface area contributed by atoms with Crippen LogP contribution in [0.5, 0.6) is 0 Å². The summed E-state index contributed by atoms with van der Waals surface area (Å²) >= 11 is 3.19. The molecule has 1 aromatic rings. The predicted octanol–water partition coefficient (Wildman–Crippen LogP) is 3.02. The number of amides is 1. The monoisotopic (exact) mass is 300 g/mol. The number of nitrogens with one attached hydrogen (secondary N) is 1. The van der Waals surface area contributed by atoms with Gasteiger partial charge in [0.2, 0.25) is 5.91 Å². The zero-order valence-corrected chi connectivity index (χ0v) is 11.2. The van der Waals surface area contributed by atoms with E-state index in [1.807, 2.05) is 6.92 Å². The Kier molecular flexibility index (Phi) is 4.62. The van der Waals surface area contributed by atoms with Gasteiger partial charge in [-0.25, -0.2) is 0 Å². The van der Waals surface area contributed by atoms with Gasteiger partial charge < -0.3 is 5.32 Å². The van der Waals surface area contributed by atoms with Crippen LogP contribution >= 0.6 is 15.9 Å². The Hall–Kier alpha value is -1.43. The summed E-state index contributed by atoms with van der Waals surface area (Å²) in [5, 5.41) is 13.4. The first kappa shape index (κ1) is 13.6. The van der Waals surface area contributed by atoms with Gasteiger partial charge in [-0.05, 0) is 25.0 Å². The Balaban J connectivity index is 2.98. The fourth-order valence-corrected chi connectivity index (χ4v) is 1.41. The van der Waals surface area contributed by atoms with E-state index in [-0.39, 0.29) is 22.1 Å². The quantitative estimate of drug-likeness (QED) is 0.528. The number of halogens is 1. The standard InChI is InChI=1S/C11H13BrN2O3/c1-3-8(12)11(15)13-9-5-4-7(2)6-10(9)14(16)17/h4-6,8H,3H2,1-2H3,(H,13,15)/t8-/m1/s1. The highest BCUT2D eigenvalue weighted by Gasteiger charge is 2.19. The molecule has 0 saturated heterocycles. The molecular formula is C11H13BrN2O3. The molecule has 0 fully saturated rings. The van der Waals surface area contributed by atoms with Crippen LogP contribution < -0.4 is 5.32 Å². The molecule has 6 heteroatoms. The second-order valence-corrected chi connectivity index (χ2v) is 4.75. The van der Waals surface area contributed by atoms with Gasteiger partial charge in [-0.1, -0.05) is 28.9 Å². The third-order valence-corrected chi connectivity index (χ3v) is 3.31. The number of benzene rings is 1. The van der Waals surface area contributed by atoms with Crippen LogP contribution in [0.25, 0.3) is 0 Å². The lowest BCUT2D eigenvalue weighted by molar-refractivity contribution is -0.384. The Morgan fingerprint density at radius 3 is 2.76 bits per heavy atom. The van der Waals surface area contributed by atoms with E-state index < -0.39 is 4.92 Å². The molecule has 0 bridgehead atoms. The lowest BCUT2D eigenvalue weighted by atomic mass is 10.2. The van der Waals surface area contributed by atoms with Gasteiger partial charge in [-0.15, -0.1) is 0 Å². The number of nitro benzene ring substituents is 1. The first-order valence-corrected chi connectivity index (χ1v) is 6.07. The number of hydrogen-bond acceptors (Lipinski definition) is 3. The molecule has 0 spiro atoms. The van der Waals surface area contributed by atoms with Crippen molar-refractivity contribution in [1.29, 1.82) is 0 Å². The van der Waals surface area contributed by atoms with Crippen molar-refractivity contribution in [3.05, 3.63) is 33.9 Å². The second-order valence-electron chi connectivity index (χ2n) is 3.64. The minimum absolute atomic E-state index is 0.0887. The SMILES string of the molecule is CC[C@@H](Br)C(=O)Nc1ccc(C)cc1[N+](=O)[O-]. The maximum Gasteiger partial charge on any atom is 0.293 e. The van der Waals surface area contributed by atoms with Crippen LogP contribution in [-0.4, -0.2) is 15.7 Å². The Labute approximate surface area is 107 Å². The summed E-state index contributed by atoms with van der Waals surface area (Å²) in [4.78, 5) is 21.6. The van der Waals surface area contributed by atoms with Crippen LogP contribution in [0.3, 0.4) is 0 Å². The number of carbonyl (C=O) groups is 1. The minimum Gasteiger partial charge on any atom is -0.319 e. The van der Waals surface area contributed by atoms with E-state index in [9.17, 15) is 14.9 Å². The molecule has 0 heterocycles. The lowest BCUT2D eigenvalue weighted by Crippen LogP contribution is -2.22. The van der Waals surface area contributed by atoms with E-state index in [1.165, 1.54) is 6.07 Å². The highest BCUT2D eigenvalue weighted by Crippen LogP contribution is 2.25. The van der Waals surface area contributed by atoms with Crippen molar-refractivity contribution in [2.75, 3.05) is 5.32 Å². The van der Waals surface area contributed by atoms with Crippen molar-refractivity contribution < 1.29 is 9.72 Å². The number of nitro groups is 1. The summed E-state index contributed by atoms with van der Waals surface area (Å²) in [5.41, 5.74) is 0.915. The third kappa shape index (κ3) is 3.52. The summed E-state index contributed by atoms with van der Waals surface area (Å²) < 4.78 is 0. The molecule has 17 heavy (non-hydrogen) atoms. The van der Waals surface area contributed by atoms with E-state index in [4.69, 9.17) is 0 Å². The second kappa shape index (κ2) is 5.77. The van der Waals surface area contributed by atoms with Gasteiger partial charge >= 0.3 is 0 Å². The summed E-state index contributed by atoms with van der Waals surface area (Å²) in [7, 11) is 0. The summed E-state index contributed by atoms with van der Waals surface area (Å²) in [6, 6.07) is 4.70. The summed E-state index contributed by atoms with van der Waals surface area (Å²) in [5.74, 6) is -0.278. The molecule has 1 atom stereocenters. The molecule has 1 aromatic carbocycles. The highest BCUT2D eigenvalue weighted by atomic mass is 79.9. The lowest BCUT2D eigenvalue weighted by Gasteiger charge is -2.09. The zero-order chi connectivity index (χ0) is 13.0. The normalized spacial score (nSPS) is 11.9. The van der Waals surface area contributed by atoms with Crippen LogP contribution in [0.2, 0.25) is 0 Å². The number of alkyl halides is 1. The van der Waals surface area contributed by atoms with Crippen LogP contribution in [0.1, 0.15) is 18.9 Å². The Morgan fingerprint density at radius 1 is 1.59 bits per heavy atom. The average Bonchev–Trinajstić information content (AvgIpc) is 2.29. The Morgan fingerprint density at radius 2 is 2.24 bits per heavy atom. The van der Waals surface area contributed by atoms with E-state index in [0.29, 0.717) is 6.42 Å². The molecule has 1 amide bonds. The number of anilines is 1. The van der Waals surface area contributed by atoms with Gasteiger partial charge in [-0.2, -0.15) is 0 Å². The molecule has 0 saturated carbocycles. The van der Waals surface area contributed by atoms with Crippen molar-refractivity contribution in [3.63, 3.8) is 0 Å². The predicted molar refractivity (Wildman–Crippen MR) is 69.5 cm³/mol. The fourth-order valence-electron chi connectivity index (χ4n) is 1.29. The number of rotatable bonds is 4. The van der Waals surface area contributed by atoms with Gasteiger partial charge in [0, 0.05) is 6.07 Å². The molecule has 0 aliphatic heterocycles. The van der Waals surface area contributed by atoms with Crippen molar-refractivity contribution in [2.24, 2.45) is 0 Å². The van der Waals surface area contributed by atoms with Crippen LogP contribution in [0, 0.1) is 17.0 Å². The average molecular weight is 301 g/mol. The summed E-state index contributed by atoms with van der Waals surface area (Å²) in [6.07, 6.45) is 0.617. The molecular weight excluding hydrogens is 288 g/mol. The first-order valence-electron chi connectivity index (χ1n) is 5.15. The zero-order valence-electron chi connectivity index (χ0n) is 9.57. The van der Waals surface area contributed by atoms with Gasteiger partial charge in [0.1, 0.15) is 5.69 Å². The molecule has 1 rings (SSSR count).